The molecule has 1 aromatic heterocycles. The summed E-state index contributed by atoms with van der Waals surface area (Å²) in [6.07, 6.45) is 2.66. The van der Waals surface area contributed by atoms with E-state index in [-0.39, 0.29) is 17.1 Å². The van der Waals surface area contributed by atoms with E-state index >= 15 is 0 Å². The van der Waals surface area contributed by atoms with Crippen LogP contribution in [-0.2, 0) is 4.79 Å². The largest absolute Gasteiger partial charge is 0.355 e. The Labute approximate surface area is 208 Å². The number of halogens is 2. The number of benzene rings is 2. The number of Topliss-reactive ketones (excluding diaryl/α,β-unsaturated/α-hetero) is 1. The lowest BCUT2D eigenvalue weighted by Gasteiger charge is -2.37. The molecule has 7 heteroatoms. The van der Waals surface area contributed by atoms with Crippen LogP contribution in [0.3, 0.4) is 0 Å². The Kier molecular flexibility index (Phi) is 5.70. The second kappa shape index (κ2) is 8.57. The summed E-state index contributed by atoms with van der Waals surface area (Å²) in [4.78, 5) is 33.9. The molecule has 5 nitrogen and oxygen atoms in total. The number of carbonyl (C=O) groups is 2. The molecular weight excluding hydrogens is 469 g/mol. The maximum atomic E-state index is 14.0. The topological polar surface area (TPSA) is 62.3 Å². The van der Waals surface area contributed by atoms with Crippen molar-refractivity contribution in [3.05, 3.63) is 99.3 Å². The Morgan fingerprint density at radius 2 is 1.82 bits per heavy atom. The lowest BCUT2D eigenvalue weighted by molar-refractivity contribution is -0.118. The quantitative estimate of drug-likeness (QED) is 0.425. The molecule has 172 valence electrons. The molecule has 0 bridgehead atoms. The van der Waals surface area contributed by atoms with Crippen LogP contribution in [0.15, 0.2) is 78.1 Å². The lowest BCUT2D eigenvalue weighted by Crippen LogP contribution is -2.40. The van der Waals surface area contributed by atoms with Crippen LogP contribution in [0, 0.1) is 5.41 Å². The highest BCUT2D eigenvalue weighted by molar-refractivity contribution is 6.35. The predicted molar refractivity (Wildman–Crippen MR) is 135 cm³/mol. The molecule has 1 aliphatic heterocycles. The summed E-state index contributed by atoms with van der Waals surface area (Å²) in [5.74, 6) is 0.144. The van der Waals surface area contributed by atoms with E-state index in [1.807, 2.05) is 30.3 Å². The zero-order valence-corrected chi connectivity index (χ0v) is 20.3. The third kappa shape index (κ3) is 3.99. The van der Waals surface area contributed by atoms with Gasteiger partial charge in [-0.2, -0.15) is 0 Å². The zero-order chi connectivity index (χ0) is 24.0. The fourth-order valence-electron chi connectivity index (χ4n) is 4.82. The van der Waals surface area contributed by atoms with E-state index in [1.165, 1.54) is 0 Å². The van der Waals surface area contributed by atoms with Crippen molar-refractivity contribution in [1.29, 1.82) is 0 Å². The Morgan fingerprint density at radius 1 is 1.06 bits per heavy atom. The van der Waals surface area contributed by atoms with Gasteiger partial charge in [0, 0.05) is 39.5 Å². The molecule has 5 rings (SSSR count). The molecule has 2 heterocycles. The molecule has 0 saturated carbocycles. The number of anilines is 2. The molecule has 1 N–H and O–H groups in total. The average molecular weight is 492 g/mol. The van der Waals surface area contributed by atoms with Gasteiger partial charge in [-0.1, -0.05) is 61.3 Å². The normalized spacial score (nSPS) is 19.1. The number of fused-ring (bicyclic) bond motifs is 1. The van der Waals surface area contributed by atoms with Gasteiger partial charge >= 0.3 is 0 Å². The summed E-state index contributed by atoms with van der Waals surface area (Å²) in [6, 6.07) is 17.0. The first kappa shape index (κ1) is 22.6. The predicted octanol–water partition coefficient (Wildman–Crippen LogP) is 6.85. The van der Waals surface area contributed by atoms with Gasteiger partial charge in [0.25, 0.3) is 5.91 Å². The summed E-state index contributed by atoms with van der Waals surface area (Å²) in [6.45, 7) is 4.14. The van der Waals surface area contributed by atoms with Gasteiger partial charge in [0.1, 0.15) is 0 Å². The minimum absolute atomic E-state index is 0.0200. The van der Waals surface area contributed by atoms with Crippen LogP contribution in [0.25, 0.3) is 0 Å². The molecule has 1 aliphatic carbocycles. The standard InChI is InChI=1S/C27H23Cl2N3O2/c1-27(2)14-21-23(22(33)15-27)24(18-11-10-17(28)13-19(18)29)32(25-20(31-21)9-6-12-30-25)26(34)16-7-4-3-5-8-16/h3-13,24,31H,14-15H2,1-2H3. The van der Waals surface area contributed by atoms with Crippen LogP contribution in [-0.4, -0.2) is 16.7 Å². The second-order valence-electron chi connectivity index (χ2n) is 9.44. The fourth-order valence-corrected chi connectivity index (χ4v) is 5.33. The minimum Gasteiger partial charge on any atom is -0.355 e. The first-order chi connectivity index (χ1) is 16.2. The molecule has 34 heavy (non-hydrogen) atoms. The van der Waals surface area contributed by atoms with E-state index < -0.39 is 6.04 Å². The molecule has 0 radical (unpaired) electrons. The minimum atomic E-state index is -0.764. The summed E-state index contributed by atoms with van der Waals surface area (Å²) < 4.78 is 0. The number of ketones is 1. The van der Waals surface area contributed by atoms with Crippen LogP contribution in [0.1, 0.15) is 48.7 Å². The van der Waals surface area contributed by atoms with Crippen LogP contribution < -0.4 is 10.2 Å². The highest BCUT2D eigenvalue weighted by Gasteiger charge is 2.44. The number of carbonyl (C=O) groups excluding carboxylic acids is 2. The number of aromatic nitrogens is 1. The summed E-state index contributed by atoms with van der Waals surface area (Å²) in [7, 11) is 0. The van der Waals surface area contributed by atoms with E-state index in [0.29, 0.717) is 51.1 Å². The number of allylic oxidation sites excluding steroid dienone is 1. The van der Waals surface area contributed by atoms with Gasteiger partial charge in [-0.25, -0.2) is 4.98 Å². The first-order valence-electron chi connectivity index (χ1n) is 11.1. The molecule has 0 saturated heterocycles. The third-order valence-corrected chi connectivity index (χ3v) is 6.81. The molecule has 2 aliphatic rings. The van der Waals surface area contributed by atoms with E-state index in [1.54, 1.807) is 41.4 Å². The lowest BCUT2D eigenvalue weighted by atomic mass is 9.73. The van der Waals surface area contributed by atoms with Gasteiger partial charge < -0.3 is 5.32 Å². The Hall–Kier alpha value is -3.15. The molecule has 1 unspecified atom stereocenters. The van der Waals surface area contributed by atoms with Crippen molar-refractivity contribution in [2.45, 2.75) is 32.7 Å². The molecular formula is C27H23Cl2N3O2. The highest BCUT2D eigenvalue weighted by atomic mass is 35.5. The number of amides is 1. The number of nitrogens with one attached hydrogen (secondary N) is 1. The number of rotatable bonds is 2. The van der Waals surface area contributed by atoms with Crippen molar-refractivity contribution < 1.29 is 9.59 Å². The van der Waals surface area contributed by atoms with Crippen molar-refractivity contribution >= 4 is 46.4 Å². The number of nitrogens with zero attached hydrogens (tertiary/aromatic N) is 2. The molecule has 1 atom stereocenters. The third-order valence-electron chi connectivity index (χ3n) is 6.25. The van der Waals surface area contributed by atoms with E-state index in [9.17, 15) is 9.59 Å². The smallest absolute Gasteiger partial charge is 0.260 e. The zero-order valence-electron chi connectivity index (χ0n) is 18.8. The van der Waals surface area contributed by atoms with Crippen molar-refractivity contribution in [1.82, 2.24) is 4.98 Å². The van der Waals surface area contributed by atoms with Crippen LogP contribution in [0.4, 0.5) is 11.5 Å². The van der Waals surface area contributed by atoms with Crippen molar-refractivity contribution in [3.63, 3.8) is 0 Å². The van der Waals surface area contributed by atoms with Crippen molar-refractivity contribution in [3.8, 4) is 0 Å². The first-order valence-corrected chi connectivity index (χ1v) is 11.8. The maximum Gasteiger partial charge on any atom is 0.260 e. The van der Waals surface area contributed by atoms with Crippen molar-refractivity contribution in [2.75, 3.05) is 10.2 Å². The van der Waals surface area contributed by atoms with Gasteiger partial charge in [0.15, 0.2) is 11.6 Å². The molecule has 0 spiro atoms. The van der Waals surface area contributed by atoms with Crippen LogP contribution in [0.2, 0.25) is 10.0 Å². The monoisotopic (exact) mass is 491 g/mol. The molecule has 3 aromatic rings. The summed E-state index contributed by atoms with van der Waals surface area (Å²) in [5.41, 5.74) is 2.87. The molecule has 0 fully saturated rings. The van der Waals surface area contributed by atoms with Crippen LogP contribution in [0.5, 0.6) is 0 Å². The summed E-state index contributed by atoms with van der Waals surface area (Å²) in [5, 5.41) is 4.31. The van der Waals surface area contributed by atoms with Gasteiger partial charge in [0.05, 0.1) is 11.7 Å². The van der Waals surface area contributed by atoms with Gasteiger partial charge in [-0.15, -0.1) is 0 Å². The fraction of sp³-hybridized carbons (Fsp3) is 0.222. The van der Waals surface area contributed by atoms with E-state index in [4.69, 9.17) is 23.2 Å². The van der Waals surface area contributed by atoms with Crippen molar-refractivity contribution in [2.24, 2.45) is 5.41 Å². The summed E-state index contributed by atoms with van der Waals surface area (Å²) >= 11 is 12.9. The van der Waals surface area contributed by atoms with Gasteiger partial charge in [-0.3, -0.25) is 14.5 Å². The van der Waals surface area contributed by atoms with Crippen LogP contribution >= 0.6 is 23.2 Å². The van der Waals surface area contributed by atoms with Gasteiger partial charge in [0.2, 0.25) is 0 Å². The molecule has 2 aromatic carbocycles. The maximum absolute atomic E-state index is 14.0. The molecule has 1 amide bonds. The Morgan fingerprint density at radius 3 is 2.56 bits per heavy atom. The Bertz CT molecular complexity index is 1330. The van der Waals surface area contributed by atoms with E-state index in [2.05, 4.69) is 24.1 Å². The average Bonchev–Trinajstić information content (AvgIpc) is 2.92. The highest BCUT2D eigenvalue weighted by Crippen LogP contribution is 2.49. The van der Waals surface area contributed by atoms with Gasteiger partial charge in [-0.05, 0) is 53.8 Å². The second-order valence-corrected chi connectivity index (χ2v) is 10.3. The Balaban J connectivity index is 1.82. The number of pyridine rings is 1. The number of hydrogen-bond acceptors (Lipinski definition) is 4. The SMILES string of the molecule is CC1(C)CC(=O)C2=C(C1)Nc1cccnc1N(C(=O)c1ccccc1)C2c1ccc(Cl)cc1Cl. The number of hydrogen-bond donors (Lipinski definition) is 1. The van der Waals surface area contributed by atoms with E-state index in [0.717, 1.165) is 5.70 Å².